The number of nitrogens with zero attached hydrogens (tertiary/aromatic N) is 1. The summed E-state index contributed by atoms with van der Waals surface area (Å²) in [5, 5.41) is 4.86. The Bertz CT molecular complexity index is 1650. The van der Waals surface area contributed by atoms with E-state index >= 15 is 0 Å². The van der Waals surface area contributed by atoms with Crippen molar-refractivity contribution in [1.82, 2.24) is 21.5 Å². The Morgan fingerprint density at radius 2 is 1.56 bits per heavy atom. The van der Waals surface area contributed by atoms with Gasteiger partial charge in [-0.05, 0) is 63.8 Å². The van der Waals surface area contributed by atoms with Crippen molar-refractivity contribution in [3.8, 4) is 11.5 Å². The number of carbonyl (C=O) groups is 5. The summed E-state index contributed by atoms with van der Waals surface area (Å²) in [6.07, 6.45) is 0.624. The maximum absolute atomic E-state index is 13.3. The van der Waals surface area contributed by atoms with Crippen molar-refractivity contribution in [3.05, 3.63) is 89.5 Å². The Labute approximate surface area is 283 Å². The van der Waals surface area contributed by atoms with Crippen molar-refractivity contribution < 1.29 is 33.4 Å². The van der Waals surface area contributed by atoms with Crippen molar-refractivity contribution in [2.75, 3.05) is 17.2 Å². The molecule has 2 aliphatic rings. The normalized spacial score (nSPS) is 14.2. The molecule has 4 N–H and O–H groups in total. The van der Waals surface area contributed by atoms with Crippen LogP contribution >= 0.6 is 11.8 Å². The second kappa shape index (κ2) is 15.2. The number of hydrogen-bond donors (Lipinski definition) is 4. The van der Waals surface area contributed by atoms with E-state index in [9.17, 15) is 24.0 Å². The molecule has 1 atom stereocenters. The molecule has 252 valence electrons. The topological polar surface area (TPSA) is 155 Å². The number of benzene rings is 3. The Morgan fingerprint density at radius 1 is 0.917 bits per heavy atom. The van der Waals surface area contributed by atoms with E-state index in [1.54, 1.807) is 25.7 Å². The van der Waals surface area contributed by atoms with Crippen LogP contribution in [0.3, 0.4) is 0 Å². The van der Waals surface area contributed by atoms with E-state index in [4.69, 9.17) is 9.47 Å². The first kappa shape index (κ1) is 34.3. The van der Waals surface area contributed by atoms with Crippen LogP contribution in [0.1, 0.15) is 62.8 Å². The van der Waals surface area contributed by atoms with Crippen molar-refractivity contribution in [2.45, 2.75) is 64.1 Å². The summed E-state index contributed by atoms with van der Waals surface area (Å²) in [4.78, 5) is 66.2. The first-order valence-electron chi connectivity index (χ1n) is 15.7. The van der Waals surface area contributed by atoms with Crippen molar-refractivity contribution >= 4 is 46.5 Å². The second-order valence-electron chi connectivity index (χ2n) is 12.4. The summed E-state index contributed by atoms with van der Waals surface area (Å²) in [7, 11) is 0. The van der Waals surface area contributed by atoms with E-state index in [-0.39, 0.29) is 30.4 Å². The molecule has 5 rings (SSSR count). The fourth-order valence-corrected chi connectivity index (χ4v) is 6.06. The van der Waals surface area contributed by atoms with Gasteiger partial charge in [0, 0.05) is 29.8 Å². The first-order chi connectivity index (χ1) is 23.0. The minimum Gasteiger partial charge on any atom is -0.457 e. The highest BCUT2D eigenvalue weighted by Crippen LogP contribution is 2.42. The molecular formula is C35H39N5O7S. The molecule has 12 nitrogen and oxygen atoms in total. The van der Waals surface area contributed by atoms with E-state index in [1.165, 1.54) is 0 Å². The monoisotopic (exact) mass is 673 g/mol. The fourth-order valence-electron chi connectivity index (χ4n) is 5.53. The number of rotatable bonds is 8. The highest BCUT2D eigenvalue weighted by molar-refractivity contribution is 8.14. The Morgan fingerprint density at radius 3 is 2.25 bits per heavy atom. The summed E-state index contributed by atoms with van der Waals surface area (Å²) in [5.74, 6) is -0.233. The zero-order chi connectivity index (χ0) is 34.3. The summed E-state index contributed by atoms with van der Waals surface area (Å²) in [6.45, 7) is 5.60. The van der Waals surface area contributed by atoms with E-state index in [1.807, 2.05) is 72.8 Å². The molecule has 3 aromatic carbocycles. The van der Waals surface area contributed by atoms with Crippen molar-refractivity contribution in [1.29, 1.82) is 0 Å². The molecule has 0 spiro atoms. The van der Waals surface area contributed by atoms with Gasteiger partial charge in [-0.3, -0.25) is 30.0 Å². The zero-order valence-electron chi connectivity index (χ0n) is 27.0. The molecule has 0 saturated carbocycles. The number of ether oxygens (including phenoxy) is 2. The third kappa shape index (κ3) is 8.85. The molecule has 0 unspecified atom stereocenters. The molecule has 0 aliphatic carbocycles. The highest BCUT2D eigenvalue weighted by atomic mass is 32.2. The molecule has 3 aromatic rings. The third-order valence-electron chi connectivity index (χ3n) is 7.68. The number of hydrogen-bond acceptors (Lipinski definition) is 8. The number of nitrogens with one attached hydrogen (secondary N) is 4. The highest BCUT2D eigenvalue weighted by Gasteiger charge is 2.30. The van der Waals surface area contributed by atoms with Crippen LogP contribution in [0.15, 0.2) is 72.8 Å². The molecule has 0 radical (unpaired) electrons. The van der Waals surface area contributed by atoms with Gasteiger partial charge in [0.25, 0.3) is 11.1 Å². The average molecular weight is 674 g/mol. The average Bonchev–Trinajstić information content (AvgIpc) is 3.06. The largest absolute Gasteiger partial charge is 0.457 e. The van der Waals surface area contributed by atoms with Crippen LogP contribution in [-0.2, 0) is 25.5 Å². The van der Waals surface area contributed by atoms with Gasteiger partial charge in [-0.15, -0.1) is 0 Å². The number of para-hydroxylation sites is 3. The van der Waals surface area contributed by atoms with Gasteiger partial charge in [-0.25, -0.2) is 4.79 Å². The van der Waals surface area contributed by atoms with Crippen molar-refractivity contribution in [2.24, 2.45) is 0 Å². The number of aryl methyl sites for hydroxylation is 1. The lowest BCUT2D eigenvalue weighted by Gasteiger charge is -2.29. The Hall–Kier alpha value is -5.04. The lowest BCUT2D eigenvalue weighted by Crippen LogP contribution is -2.52. The molecule has 2 aliphatic heterocycles. The van der Waals surface area contributed by atoms with E-state index in [2.05, 4.69) is 21.5 Å². The minimum absolute atomic E-state index is 0.0979. The van der Waals surface area contributed by atoms with Gasteiger partial charge in [-0.2, -0.15) is 0 Å². The lowest BCUT2D eigenvalue weighted by atomic mass is 9.94. The van der Waals surface area contributed by atoms with Crippen LogP contribution in [0.2, 0.25) is 0 Å². The van der Waals surface area contributed by atoms with Crippen LogP contribution in [0.5, 0.6) is 11.5 Å². The molecule has 0 aromatic heterocycles. The van der Waals surface area contributed by atoms with E-state index in [0.29, 0.717) is 29.8 Å². The van der Waals surface area contributed by atoms with Gasteiger partial charge >= 0.3 is 6.09 Å². The van der Waals surface area contributed by atoms with Crippen LogP contribution in [0, 0.1) is 0 Å². The van der Waals surface area contributed by atoms with Gasteiger partial charge in [0.1, 0.15) is 23.1 Å². The number of fused-ring (bicyclic) bond motifs is 3. The maximum atomic E-state index is 13.3. The van der Waals surface area contributed by atoms with E-state index in [0.717, 1.165) is 35.2 Å². The third-order valence-corrected chi connectivity index (χ3v) is 8.43. The molecule has 5 amide bonds. The van der Waals surface area contributed by atoms with Gasteiger partial charge in [0.15, 0.2) is 0 Å². The zero-order valence-corrected chi connectivity index (χ0v) is 27.9. The smallest absolute Gasteiger partial charge is 0.408 e. The number of alkyl carbamates (subject to hydrolysis) is 1. The van der Waals surface area contributed by atoms with Gasteiger partial charge in [0.2, 0.25) is 11.8 Å². The van der Waals surface area contributed by atoms with Gasteiger partial charge in [0.05, 0.1) is 11.8 Å². The Kier molecular flexibility index (Phi) is 10.9. The number of anilines is 1. The van der Waals surface area contributed by atoms with Crippen LogP contribution in [0.25, 0.3) is 0 Å². The standard InChI is InChI=1S/C35H39N5O7S/c1-35(2,3)47-33(44)36-25(18-19-29(41)37-31-23-13-5-8-16-27(23)46-28-17-9-6-14-24(28)31)32(43)38-39-34(45)48-21-30(42)40-20-10-12-22-11-4-7-15-26(22)40/h4-9,11,13-17,25,31H,10,12,18-21H2,1-3H3,(H,36,44)(H,37,41)(H,38,43)(H,39,45)/t25-/m0/s1. The molecule has 0 bridgehead atoms. The predicted octanol–water partition coefficient (Wildman–Crippen LogP) is 5.12. The minimum atomic E-state index is -1.23. The molecule has 0 fully saturated rings. The fraction of sp³-hybridized carbons (Fsp3) is 0.343. The van der Waals surface area contributed by atoms with Crippen LogP contribution in [-0.4, -0.2) is 53.0 Å². The summed E-state index contributed by atoms with van der Waals surface area (Å²) in [6, 6.07) is 20.8. The number of thioether (sulfide) groups is 1. The van der Waals surface area contributed by atoms with Crippen LogP contribution in [0.4, 0.5) is 15.3 Å². The molecule has 2 heterocycles. The summed E-state index contributed by atoms with van der Waals surface area (Å²) in [5.41, 5.74) is 7.24. The molecule has 13 heteroatoms. The molecule has 48 heavy (non-hydrogen) atoms. The Balaban J connectivity index is 1.17. The lowest BCUT2D eigenvalue weighted by molar-refractivity contribution is -0.125. The predicted molar refractivity (Wildman–Crippen MR) is 182 cm³/mol. The van der Waals surface area contributed by atoms with Crippen molar-refractivity contribution in [3.63, 3.8) is 0 Å². The maximum Gasteiger partial charge on any atom is 0.408 e. The number of hydrazine groups is 1. The van der Waals surface area contributed by atoms with Gasteiger partial charge < -0.3 is 25.0 Å². The number of amides is 5. The SMILES string of the molecule is CC(C)(C)OC(=O)N[C@@H](CCC(=O)NC1c2ccccc2Oc2ccccc21)C(=O)NNC(=O)SCC(=O)N1CCCc2ccccc21. The molecular weight excluding hydrogens is 634 g/mol. The summed E-state index contributed by atoms with van der Waals surface area (Å²) >= 11 is 0.713. The number of carbonyl (C=O) groups excluding carboxylic acids is 5. The van der Waals surface area contributed by atoms with E-state index < -0.39 is 34.9 Å². The second-order valence-corrected chi connectivity index (χ2v) is 13.3. The first-order valence-corrected chi connectivity index (χ1v) is 16.7. The summed E-state index contributed by atoms with van der Waals surface area (Å²) < 4.78 is 11.3. The quantitative estimate of drug-likeness (QED) is 0.240. The molecule has 0 saturated heterocycles. The van der Waals surface area contributed by atoms with Gasteiger partial charge in [-0.1, -0.05) is 66.4 Å². The van der Waals surface area contributed by atoms with Crippen LogP contribution < -0.4 is 31.1 Å².